The molecule has 1 aromatic heterocycles. The Morgan fingerprint density at radius 2 is 1.69 bits per heavy atom. The lowest BCUT2D eigenvalue weighted by Gasteiger charge is -2.19. The first kappa shape index (κ1) is 27.6. The number of rotatable bonds is 12. The molecule has 0 radical (unpaired) electrons. The first-order valence-electron chi connectivity index (χ1n) is 13.0. The molecule has 4 rings (SSSR count). The Morgan fingerprint density at radius 3 is 2.41 bits per heavy atom. The zero-order valence-corrected chi connectivity index (χ0v) is 22.4. The molecule has 0 aliphatic carbocycles. The van der Waals surface area contributed by atoms with E-state index in [0.29, 0.717) is 54.4 Å². The van der Waals surface area contributed by atoms with Gasteiger partial charge in [-0.2, -0.15) is 0 Å². The minimum absolute atomic E-state index is 0.0434. The van der Waals surface area contributed by atoms with E-state index in [2.05, 4.69) is 5.32 Å². The predicted octanol–water partition coefficient (Wildman–Crippen LogP) is 5.19. The van der Waals surface area contributed by atoms with Gasteiger partial charge in [-0.1, -0.05) is 30.3 Å². The molecule has 1 heterocycles. The molecule has 0 aliphatic rings. The molecule has 4 aromatic rings. The van der Waals surface area contributed by atoms with Gasteiger partial charge in [-0.15, -0.1) is 0 Å². The monoisotopic (exact) mass is 531 g/mol. The summed E-state index contributed by atoms with van der Waals surface area (Å²) in [7, 11) is 1.56. The summed E-state index contributed by atoms with van der Waals surface area (Å²) in [5.74, 6) is 0.807. The van der Waals surface area contributed by atoms with Crippen molar-refractivity contribution in [2.24, 2.45) is 0 Å². The summed E-state index contributed by atoms with van der Waals surface area (Å²) >= 11 is 0. The predicted molar refractivity (Wildman–Crippen MR) is 149 cm³/mol. The van der Waals surface area contributed by atoms with Gasteiger partial charge in [-0.25, -0.2) is 4.79 Å². The van der Waals surface area contributed by atoms with Gasteiger partial charge in [0.15, 0.2) is 11.5 Å². The van der Waals surface area contributed by atoms with Crippen LogP contribution in [0, 0.1) is 0 Å². The minimum Gasteiger partial charge on any atom is -0.507 e. The number of amides is 1. The van der Waals surface area contributed by atoms with Crippen LogP contribution in [0.1, 0.15) is 42.9 Å². The van der Waals surface area contributed by atoms with E-state index in [9.17, 15) is 14.7 Å². The topological polar surface area (TPSA) is 107 Å². The summed E-state index contributed by atoms with van der Waals surface area (Å²) in [6.45, 7) is 5.26. The molecule has 0 spiro atoms. The summed E-state index contributed by atoms with van der Waals surface area (Å²) in [6.07, 6.45) is 0.519. The van der Waals surface area contributed by atoms with Gasteiger partial charge < -0.3 is 29.1 Å². The maximum absolute atomic E-state index is 13.1. The van der Waals surface area contributed by atoms with Crippen molar-refractivity contribution in [1.29, 1.82) is 0 Å². The standard InChI is InChI=1S/C31H33NO7/c1-4-37-26-15-10-20(18-27(26)38-5-2)16-17-32-28(33)19-24(21-11-13-22(36-3)14-12-21)29-30(34)23-8-6-7-9-25(23)39-31(29)35/h6-15,18,24,34H,4-5,16-17,19H2,1-3H3,(H,32,33). The molecule has 39 heavy (non-hydrogen) atoms. The van der Waals surface area contributed by atoms with E-state index in [1.54, 1.807) is 55.6 Å². The van der Waals surface area contributed by atoms with Gasteiger partial charge in [-0.05, 0) is 67.8 Å². The van der Waals surface area contributed by atoms with Crippen LogP contribution in [0.2, 0.25) is 0 Å². The van der Waals surface area contributed by atoms with Crippen LogP contribution >= 0.6 is 0 Å². The summed E-state index contributed by atoms with van der Waals surface area (Å²) in [6, 6.07) is 19.6. The normalized spacial score (nSPS) is 11.7. The van der Waals surface area contributed by atoms with Gasteiger partial charge in [0.25, 0.3) is 0 Å². The number of hydrogen-bond acceptors (Lipinski definition) is 7. The van der Waals surface area contributed by atoms with E-state index in [1.165, 1.54) is 0 Å². The van der Waals surface area contributed by atoms with E-state index in [4.69, 9.17) is 18.6 Å². The van der Waals surface area contributed by atoms with Crippen molar-refractivity contribution in [2.75, 3.05) is 26.9 Å². The molecule has 204 valence electrons. The minimum atomic E-state index is -0.730. The number of ether oxygens (including phenoxy) is 3. The van der Waals surface area contributed by atoms with E-state index in [1.807, 2.05) is 32.0 Å². The van der Waals surface area contributed by atoms with Gasteiger partial charge in [0.05, 0.1) is 31.3 Å². The quantitative estimate of drug-likeness (QED) is 0.242. The molecule has 0 bridgehead atoms. The van der Waals surface area contributed by atoms with E-state index >= 15 is 0 Å². The molecule has 1 atom stereocenters. The van der Waals surface area contributed by atoms with Gasteiger partial charge in [-0.3, -0.25) is 4.79 Å². The Balaban J connectivity index is 1.54. The fourth-order valence-corrected chi connectivity index (χ4v) is 4.53. The van der Waals surface area contributed by atoms with Crippen molar-refractivity contribution in [3.8, 4) is 23.0 Å². The second-order valence-electron chi connectivity index (χ2n) is 8.92. The fourth-order valence-electron chi connectivity index (χ4n) is 4.53. The Kier molecular flexibility index (Phi) is 9.10. The van der Waals surface area contributed by atoms with Gasteiger partial charge in [0.2, 0.25) is 5.91 Å². The summed E-state index contributed by atoms with van der Waals surface area (Å²) in [5, 5.41) is 14.4. The number of carbonyl (C=O) groups excluding carboxylic acids is 1. The third-order valence-electron chi connectivity index (χ3n) is 6.42. The number of hydrogen-bond donors (Lipinski definition) is 2. The Hall–Kier alpha value is -4.46. The van der Waals surface area contributed by atoms with Crippen molar-refractivity contribution >= 4 is 16.9 Å². The van der Waals surface area contributed by atoms with Gasteiger partial charge in [0, 0.05) is 18.9 Å². The van der Waals surface area contributed by atoms with E-state index < -0.39 is 11.5 Å². The van der Waals surface area contributed by atoms with E-state index in [0.717, 1.165) is 5.56 Å². The number of fused-ring (bicyclic) bond motifs is 1. The molecule has 3 aromatic carbocycles. The number of carbonyl (C=O) groups is 1. The lowest BCUT2D eigenvalue weighted by atomic mass is 9.88. The average Bonchev–Trinajstić information content (AvgIpc) is 2.94. The lowest BCUT2D eigenvalue weighted by Crippen LogP contribution is -2.28. The molecule has 2 N–H and O–H groups in total. The number of methoxy groups -OCH3 is 1. The molecular formula is C31H33NO7. The highest BCUT2D eigenvalue weighted by Gasteiger charge is 2.27. The zero-order valence-electron chi connectivity index (χ0n) is 22.4. The molecule has 0 fully saturated rings. The van der Waals surface area contributed by atoms with Crippen molar-refractivity contribution in [3.05, 3.63) is 93.8 Å². The van der Waals surface area contributed by atoms with E-state index in [-0.39, 0.29) is 29.2 Å². The van der Waals surface area contributed by atoms with Gasteiger partial charge in [0.1, 0.15) is 17.1 Å². The highest BCUT2D eigenvalue weighted by atomic mass is 16.5. The van der Waals surface area contributed by atoms with Crippen molar-refractivity contribution in [2.45, 2.75) is 32.6 Å². The number of nitrogens with one attached hydrogen (secondary N) is 1. The highest BCUT2D eigenvalue weighted by molar-refractivity contribution is 5.85. The number of para-hydroxylation sites is 1. The van der Waals surface area contributed by atoms with Crippen LogP contribution in [0.4, 0.5) is 0 Å². The smallest absolute Gasteiger partial charge is 0.343 e. The maximum Gasteiger partial charge on any atom is 0.343 e. The molecular weight excluding hydrogens is 498 g/mol. The largest absolute Gasteiger partial charge is 0.507 e. The van der Waals surface area contributed by atoms with Crippen molar-refractivity contribution in [3.63, 3.8) is 0 Å². The van der Waals surface area contributed by atoms with Crippen LogP contribution in [0.15, 0.2) is 75.9 Å². The van der Waals surface area contributed by atoms with Crippen molar-refractivity contribution < 1.29 is 28.5 Å². The number of benzene rings is 3. The van der Waals surface area contributed by atoms with Crippen LogP contribution in [-0.2, 0) is 11.2 Å². The summed E-state index contributed by atoms with van der Waals surface area (Å²) < 4.78 is 22.1. The van der Waals surface area contributed by atoms with Crippen LogP contribution in [0.3, 0.4) is 0 Å². The molecule has 0 saturated heterocycles. The molecule has 1 amide bonds. The molecule has 0 aliphatic heterocycles. The fraction of sp³-hybridized carbons (Fsp3) is 0.290. The van der Waals surface area contributed by atoms with Crippen LogP contribution in [-0.4, -0.2) is 37.9 Å². The summed E-state index contributed by atoms with van der Waals surface area (Å²) in [4.78, 5) is 26.1. The van der Waals surface area contributed by atoms with Crippen LogP contribution in [0.5, 0.6) is 23.0 Å². The van der Waals surface area contributed by atoms with Crippen LogP contribution in [0.25, 0.3) is 11.0 Å². The Morgan fingerprint density at radius 1 is 0.974 bits per heavy atom. The van der Waals surface area contributed by atoms with Crippen molar-refractivity contribution in [1.82, 2.24) is 5.32 Å². The second kappa shape index (κ2) is 12.9. The molecule has 0 saturated carbocycles. The zero-order chi connectivity index (χ0) is 27.8. The highest BCUT2D eigenvalue weighted by Crippen LogP contribution is 2.36. The maximum atomic E-state index is 13.1. The first-order valence-corrected chi connectivity index (χ1v) is 13.0. The molecule has 1 unspecified atom stereocenters. The third kappa shape index (κ3) is 6.52. The molecule has 8 nitrogen and oxygen atoms in total. The van der Waals surface area contributed by atoms with Gasteiger partial charge >= 0.3 is 5.63 Å². The first-order chi connectivity index (χ1) is 18.9. The second-order valence-corrected chi connectivity index (χ2v) is 8.92. The third-order valence-corrected chi connectivity index (χ3v) is 6.42. The lowest BCUT2D eigenvalue weighted by molar-refractivity contribution is -0.121. The Labute approximate surface area is 227 Å². The SMILES string of the molecule is CCOc1ccc(CCNC(=O)CC(c2ccc(OC)cc2)c2c(O)c3ccccc3oc2=O)cc1OCC. The average molecular weight is 532 g/mol. The summed E-state index contributed by atoms with van der Waals surface area (Å²) in [5.41, 5.74) is 1.31. The molecule has 8 heteroatoms. The number of aromatic hydroxyl groups is 1. The Bertz CT molecular complexity index is 1480. The van der Waals surface area contributed by atoms with Crippen LogP contribution < -0.4 is 25.2 Å².